The number of likely N-dealkylation sites (N-methyl/N-ethyl adjacent to an activating group) is 1. The first-order valence-corrected chi connectivity index (χ1v) is 6.24. The number of oxime groups is 1. The van der Waals surface area contributed by atoms with Gasteiger partial charge in [0.2, 0.25) is 0 Å². The largest absolute Gasteiger partial charge is 0.409 e. The van der Waals surface area contributed by atoms with Crippen LogP contribution in [0.5, 0.6) is 0 Å². The Hall–Kier alpha value is -1.89. The van der Waals surface area contributed by atoms with Gasteiger partial charge >= 0.3 is 0 Å². The van der Waals surface area contributed by atoms with E-state index < -0.39 is 0 Å². The van der Waals surface area contributed by atoms with Crippen molar-refractivity contribution in [3.63, 3.8) is 0 Å². The molecule has 0 saturated carbocycles. The van der Waals surface area contributed by atoms with Crippen molar-refractivity contribution in [3.8, 4) is 0 Å². The quantitative estimate of drug-likeness (QED) is 0.344. The number of nitrogens with zero attached hydrogens (tertiary/aromatic N) is 5. The number of rotatable bonds is 3. The van der Waals surface area contributed by atoms with Gasteiger partial charge in [-0.15, -0.1) is 0 Å². The number of amidine groups is 1. The van der Waals surface area contributed by atoms with E-state index in [1.54, 1.807) is 6.20 Å². The highest BCUT2D eigenvalue weighted by Gasteiger charge is 2.31. The molecule has 0 amide bonds. The maximum Gasteiger partial charge on any atom is 0.190 e. The number of hydrogen-bond donors (Lipinski definition) is 2. The predicted molar refractivity (Wildman–Crippen MR) is 73.4 cm³/mol. The van der Waals surface area contributed by atoms with Gasteiger partial charge < -0.3 is 20.7 Å². The lowest BCUT2D eigenvalue weighted by atomic mass is 10.1. The van der Waals surface area contributed by atoms with Crippen molar-refractivity contribution in [1.82, 2.24) is 14.9 Å². The van der Waals surface area contributed by atoms with Crippen molar-refractivity contribution in [2.24, 2.45) is 16.8 Å². The summed E-state index contributed by atoms with van der Waals surface area (Å²) in [4.78, 5) is 12.9. The van der Waals surface area contributed by atoms with Crippen LogP contribution in [0.25, 0.3) is 0 Å². The Labute approximate surface area is 112 Å². The number of hydrogen-bond acceptors (Lipinski definition) is 6. The second-order valence-electron chi connectivity index (χ2n) is 5.16. The molecule has 1 aliphatic rings. The van der Waals surface area contributed by atoms with E-state index in [-0.39, 0.29) is 5.84 Å². The van der Waals surface area contributed by atoms with Crippen LogP contribution < -0.4 is 10.6 Å². The fourth-order valence-electron chi connectivity index (χ4n) is 2.48. The molecule has 3 N–H and O–H groups in total. The average molecular weight is 264 g/mol. The topological polar surface area (TPSA) is 90.9 Å². The first-order chi connectivity index (χ1) is 9.02. The Morgan fingerprint density at radius 3 is 2.63 bits per heavy atom. The van der Waals surface area contributed by atoms with Crippen LogP contribution in [0.3, 0.4) is 0 Å². The first kappa shape index (κ1) is 13.5. The van der Waals surface area contributed by atoms with Gasteiger partial charge in [0.1, 0.15) is 11.5 Å². The Morgan fingerprint density at radius 1 is 1.42 bits per heavy atom. The normalized spacial score (nSPS) is 24.2. The Bertz CT molecular complexity index is 458. The smallest absolute Gasteiger partial charge is 0.190 e. The van der Waals surface area contributed by atoms with Crippen LogP contribution in [0.15, 0.2) is 17.5 Å². The van der Waals surface area contributed by atoms with Crippen LogP contribution in [0.2, 0.25) is 0 Å². The van der Waals surface area contributed by atoms with Gasteiger partial charge in [-0.2, -0.15) is 0 Å². The fraction of sp³-hybridized carbons (Fsp3) is 0.583. The summed E-state index contributed by atoms with van der Waals surface area (Å²) in [5, 5.41) is 11.5. The second kappa shape index (κ2) is 5.40. The van der Waals surface area contributed by atoms with E-state index in [2.05, 4.69) is 45.9 Å². The summed E-state index contributed by atoms with van der Waals surface area (Å²) in [7, 11) is 4.19. The van der Waals surface area contributed by atoms with E-state index in [9.17, 15) is 0 Å². The molecule has 2 heterocycles. The van der Waals surface area contributed by atoms with Crippen molar-refractivity contribution >= 4 is 11.7 Å². The van der Waals surface area contributed by atoms with Crippen molar-refractivity contribution in [2.75, 3.05) is 32.1 Å². The summed E-state index contributed by atoms with van der Waals surface area (Å²) in [6.45, 7) is 4.13. The van der Waals surface area contributed by atoms with Crippen molar-refractivity contribution in [2.45, 2.75) is 13.0 Å². The Balaban J connectivity index is 2.12. The molecule has 0 spiro atoms. The molecule has 2 atom stereocenters. The molecule has 7 heteroatoms. The highest BCUT2D eigenvalue weighted by Crippen LogP contribution is 2.23. The van der Waals surface area contributed by atoms with Crippen LogP contribution >= 0.6 is 0 Å². The monoisotopic (exact) mass is 264 g/mol. The van der Waals surface area contributed by atoms with Crippen LogP contribution in [0.1, 0.15) is 12.6 Å². The van der Waals surface area contributed by atoms with Crippen molar-refractivity contribution in [1.29, 1.82) is 0 Å². The molecule has 2 unspecified atom stereocenters. The molecule has 1 aromatic heterocycles. The molecule has 19 heavy (non-hydrogen) atoms. The van der Waals surface area contributed by atoms with E-state index in [1.165, 1.54) is 6.20 Å². The van der Waals surface area contributed by atoms with E-state index in [0.29, 0.717) is 17.7 Å². The molecule has 0 bridgehead atoms. The summed E-state index contributed by atoms with van der Waals surface area (Å²) in [5.41, 5.74) is 5.84. The third-order valence-electron chi connectivity index (χ3n) is 3.57. The van der Waals surface area contributed by atoms with E-state index in [4.69, 9.17) is 10.9 Å². The second-order valence-corrected chi connectivity index (χ2v) is 5.16. The van der Waals surface area contributed by atoms with E-state index >= 15 is 0 Å². The third-order valence-corrected chi connectivity index (χ3v) is 3.57. The molecule has 1 aliphatic heterocycles. The minimum Gasteiger partial charge on any atom is -0.409 e. The molecule has 1 saturated heterocycles. The fourth-order valence-corrected chi connectivity index (χ4v) is 2.48. The minimum absolute atomic E-state index is 0.0278. The number of nitrogens with two attached hydrogens (primary N) is 1. The molecule has 1 aromatic rings. The SMILES string of the molecule is CC1CN(c2cnc(C(N)=NO)cn2)CC1N(C)C. The molecule has 0 radical (unpaired) electrons. The number of aromatic nitrogens is 2. The zero-order valence-corrected chi connectivity index (χ0v) is 11.5. The summed E-state index contributed by atoms with van der Waals surface area (Å²) < 4.78 is 0. The molecule has 0 aromatic carbocycles. The Morgan fingerprint density at radius 2 is 2.16 bits per heavy atom. The molecule has 2 rings (SSSR count). The maximum absolute atomic E-state index is 8.58. The van der Waals surface area contributed by atoms with Crippen molar-refractivity contribution in [3.05, 3.63) is 18.1 Å². The van der Waals surface area contributed by atoms with Gasteiger partial charge in [0.05, 0.1) is 12.4 Å². The van der Waals surface area contributed by atoms with Crippen LogP contribution in [-0.2, 0) is 0 Å². The summed E-state index contributed by atoms with van der Waals surface area (Å²) >= 11 is 0. The molecular formula is C12H20N6O. The van der Waals surface area contributed by atoms with Gasteiger partial charge in [-0.1, -0.05) is 12.1 Å². The van der Waals surface area contributed by atoms with E-state index in [0.717, 1.165) is 18.9 Å². The highest BCUT2D eigenvalue weighted by molar-refractivity contribution is 5.94. The van der Waals surface area contributed by atoms with Crippen molar-refractivity contribution < 1.29 is 5.21 Å². The molecule has 104 valence electrons. The number of anilines is 1. The maximum atomic E-state index is 8.58. The zero-order chi connectivity index (χ0) is 14.0. The molecule has 0 aliphatic carbocycles. The lowest BCUT2D eigenvalue weighted by Gasteiger charge is -2.22. The van der Waals surface area contributed by atoms with Crippen LogP contribution in [0, 0.1) is 5.92 Å². The lowest BCUT2D eigenvalue weighted by Crippen LogP contribution is -2.34. The van der Waals surface area contributed by atoms with Gasteiger partial charge in [0, 0.05) is 19.1 Å². The summed E-state index contributed by atoms with van der Waals surface area (Å²) in [6, 6.07) is 0.519. The highest BCUT2D eigenvalue weighted by atomic mass is 16.4. The molecule has 7 nitrogen and oxygen atoms in total. The van der Waals surface area contributed by atoms with Gasteiger partial charge in [-0.05, 0) is 20.0 Å². The van der Waals surface area contributed by atoms with E-state index in [1.807, 2.05) is 0 Å². The minimum atomic E-state index is -0.0278. The van der Waals surface area contributed by atoms with Gasteiger partial charge in [-0.25, -0.2) is 9.97 Å². The standard InChI is InChI=1S/C12H20N6O/c1-8-6-18(7-10(8)17(2)3)11-5-14-9(4-15-11)12(13)16-19/h4-5,8,10,19H,6-7H2,1-3H3,(H2,13,16). The molecule has 1 fully saturated rings. The van der Waals surface area contributed by atoms with Crippen LogP contribution in [0.4, 0.5) is 5.82 Å². The summed E-state index contributed by atoms with van der Waals surface area (Å²) in [5.74, 6) is 1.38. The summed E-state index contributed by atoms with van der Waals surface area (Å²) in [6.07, 6.45) is 3.19. The van der Waals surface area contributed by atoms with Gasteiger partial charge in [0.15, 0.2) is 5.84 Å². The van der Waals surface area contributed by atoms with Gasteiger partial charge in [0.25, 0.3) is 0 Å². The zero-order valence-electron chi connectivity index (χ0n) is 11.5. The lowest BCUT2D eigenvalue weighted by molar-refractivity contribution is 0.266. The first-order valence-electron chi connectivity index (χ1n) is 6.24. The average Bonchev–Trinajstić information content (AvgIpc) is 2.80. The molecular weight excluding hydrogens is 244 g/mol. The predicted octanol–water partition coefficient (Wildman–Crippen LogP) is -0.0426. The third kappa shape index (κ3) is 2.76. The Kier molecular flexibility index (Phi) is 3.84. The van der Waals surface area contributed by atoms with Crippen LogP contribution in [-0.4, -0.2) is 59.1 Å². The van der Waals surface area contributed by atoms with Gasteiger partial charge in [-0.3, -0.25) is 0 Å².